The molecule has 1 aromatic carbocycles. The van der Waals surface area contributed by atoms with Crippen LogP contribution in [0.15, 0.2) is 18.2 Å². The molecule has 1 N–H and O–H groups in total. The maximum atomic E-state index is 13.3. The second-order valence-electron chi connectivity index (χ2n) is 9.31. The maximum absolute atomic E-state index is 13.3. The molecule has 1 aromatic rings. The number of ether oxygens (including phenoxy) is 1. The molecule has 0 aromatic heterocycles. The molecule has 0 spiro atoms. The molecule has 0 aliphatic heterocycles. The van der Waals surface area contributed by atoms with Gasteiger partial charge in [0.25, 0.3) is 0 Å². The van der Waals surface area contributed by atoms with Crippen molar-refractivity contribution in [1.82, 2.24) is 0 Å². The lowest BCUT2D eigenvalue weighted by molar-refractivity contribution is -0.274. The number of carbonyl (C=O) groups is 2. The van der Waals surface area contributed by atoms with Crippen molar-refractivity contribution in [3.8, 4) is 17.2 Å². The second kappa shape index (κ2) is 10.4. The molecule has 0 fully saturated rings. The lowest BCUT2D eigenvalue weighted by Gasteiger charge is -2.38. The first-order valence-corrected chi connectivity index (χ1v) is 13.1. The number of aliphatic carboxylic acids is 1. The summed E-state index contributed by atoms with van der Waals surface area (Å²) in [5.74, 6) is -0.0726. The number of hydrogen-bond acceptors (Lipinski definition) is 3. The van der Waals surface area contributed by atoms with Crippen molar-refractivity contribution in [2.24, 2.45) is 0 Å². The minimum absolute atomic E-state index is 0.00729. The predicted molar refractivity (Wildman–Crippen MR) is 126 cm³/mol. The molecule has 0 saturated heterocycles. The van der Waals surface area contributed by atoms with E-state index in [0.717, 1.165) is 23.1 Å². The fourth-order valence-corrected chi connectivity index (χ4v) is 9.68. The van der Waals surface area contributed by atoms with Gasteiger partial charge in [-0.3, -0.25) is 9.69 Å². The number of halogens is 4. The van der Waals surface area contributed by atoms with Crippen LogP contribution in [0.4, 0.5) is 18.9 Å². The summed E-state index contributed by atoms with van der Waals surface area (Å²) >= 11 is 5.95. The lowest BCUT2D eigenvalue weighted by atomic mass is 10.0. The highest BCUT2D eigenvalue weighted by atomic mass is 35.5. The van der Waals surface area contributed by atoms with Crippen LogP contribution in [-0.4, -0.2) is 37.0 Å². The van der Waals surface area contributed by atoms with Crippen LogP contribution in [0, 0.1) is 11.5 Å². The van der Waals surface area contributed by atoms with E-state index in [-0.39, 0.29) is 22.3 Å². The molecular weight excluding hydrogens is 475 g/mol. The van der Waals surface area contributed by atoms with Crippen LogP contribution >= 0.6 is 11.6 Å². The largest absolute Gasteiger partial charge is 0.573 e. The molecule has 0 atom stereocenters. The first-order chi connectivity index (χ1) is 14.9. The number of anilines is 1. The fourth-order valence-electron chi connectivity index (χ4n) is 4.28. The van der Waals surface area contributed by atoms with Gasteiger partial charge in [0.2, 0.25) is 0 Å². The topological polar surface area (TPSA) is 66.8 Å². The van der Waals surface area contributed by atoms with Crippen molar-refractivity contribution >= 4 is 37.2 Å². The summed E-state index contributed by atoms with van der Waals surface area (Å²) in [6, 6.07) is 3.15. The van der Waals surface area contributed by atoms with Crippen molar-refractivity contribution in [3.63, 3.8) is 0 Å². The molecule has 10 heteroatoms. The molecule has 0 aliphatic rings. The number of amides is 1. The Kier molecular flexibility index (Phi) is 9.08. The van der Waals surface area contributed by atoms with Gasteiger partial charge < -0.3 is 9.84 Å². The van der Waals surface area contributed by atoms with Crippen molar-refractivity contribution < 1.29 is 32.6 Å². The average Bonchev–Trinajstić information content (AvgIpc) is 2.62. The average molecular weight is 506 g/mol. The third-order valence-corrected chi connectivity index (χ3v) is 12.5. The standard InChI is InChI=1S/C23H31ClF3NO4Si/c1-14(2)33(15(3)4,16(5)6)12-11-20(29)28(22(7,8)21(30)31)17-9-10-19(18(24)13-17)32-23(25,26)27/h9-10,13-16H,1-8H3,(H,30,31). The molecule has 0 saturated carbocycles. The van der Waals surface area contributed by atoms with Gasteiger partial charge in [0.1, 0.15) is 19.4 Å². The van der Waals surface area contributed by atoms with Gasteiger partial charge in [-0.1, -0.05) is 53.1 Å². The van der Waals surface area contributed by atoms with Crippen molar-refractivity contribution in [1.29, 1.82) is 0 Å². The summed E-state index contributed by atoms with van der Waals surface area (Å²) < 4.78 is 41.6. The van der Waals surface area contributed by atoms with Gasteiger partial charge in [0, 0.05) is 5.69 Å². The van der Waals surface area contributed by atoms with Crippen LogP contribution in [0.1, 0.15) is 55.4 Å². The van der Waals surface area contributed by atoms with Gasteiger partial charge in [0.15, 0.2) is 0 Å². The molecule has 1 amide bonds. The van der Waals surface area contributed by atoms with Gasteiger partial charge in [0.05, 0.1) is 5.02 Å². The Hall–Kier alpha value is -2.18. The molecule has 0 bridgehead atoms. The molecule has 0 unspecified atom stereocenters. The zero-order valence-corrected chi connectivity index (χ0v) is 21.9. The first kappa shape index (κ1) is 28.8. The molecule has 33 heavy (non-hydrogen) atoms. The number of benzene rings is 1. The van der Waals surface area contributed by atoms with E-state index in [1.165, 1.54) is 13.8 Å². The molecule has 0 aliphatic carbocycles. The Morgan fingerprint density at radius 3 is 1.91 bits per heavy atom. The van der Waals surface area contributed by atoms with Crippen molar-refractivity contribution in [3.05, 3.63) is 23.2 Å². The Labute approximate surface area is 199 Å². The molecular formula is C23H31ClF3NO4Si. The van der Waals surface area contributed by atoms with Crippen LogP contribution in [-0.2, 0) is 9.59 Å². The highest BCUT2D eigenvalue weighted by Crippen LogP contribution is 2.41. The SMILES string of the molecule is CC(C)[Si](C#CC(=O)N(c1ccc(OC(F)(F)F)c(Cl)c1)C(C)(C)C(=O)O)(C(C)C)C(C)C. The van der Waals surface area contributed by atoms with E-state index in [4.69, 9.17) is 11.6 Å². The summed E-state index contributed by atoms with van der Waals surface area (Å²) in [4.78, 5) is 26.2. The third kappa shape index (κ3) is 6.45. The van der Waals surface area contributed by atoms with Gasteiger partial charge in [-0.15, -0.1) is 18.7 Å². The smallest absolute Gasteiger partial charge is 0.480 e. The fraction of sp³-hybridized carbons (Fsp3) is 0.565. The van der Waals surface area contributed by atoms with E-state index >= 15 is 0 Å². The van der Waals surface area contributed by atoms with E-state index in [1.54, 1.807) is 0 Å². The van der Waals surface area contributed by atoms with Crippen LogP contribution < -0.4 is 9.64 Å². The van der Waals surface area contributed by atoms with Gasteiger partial charge in [-0.05, 0) is 54.6 Å². The highest BCUT2D eigenvalue weighted by molar-refractivity contribution is 6.90. The van der Waals surface area contributed by atoms with Gasteiger partial charge in [-0.2, -0.15) is 0 Å². The van der Waals surface area contributed by atoms with Crippen LogP contribution in [0.25, 0.3) is 0 Å². The summed E-state index contributed by atoms with van der Waals surface area (Å²) in [7, 11) is -2.30. The number of hydrogen-bond donors (Lipinski definition) is 1. The maximum Gasteiger partial charge on any atom is 0.573 e. The van der Waals surface area contributed by atoms with E-state index in [1.807, 2.05) is 0 Å². The van der Waals surface area contributed by atoms with E-state index in [2.05, 4.69) is 57.7 Å². The summed E-state index contributed by atoms with van der Waals surface area (Å²) in [6.07, 6.45) is -4.95. The van der Waals surface area contributed by atoms with E-state index in [9.17, 15) is 27.9 Å². The molecule has 184 valence electrons. The van der Waals surface area contributed by atoms with Crippen LogP contribution in [0.2, 0.25) is 21.6 Å². The highest BCUT2D eigenvalue weighted by Gasteiger charge is 2.43. The minimum atomic E-state index is -4.95. The molecule has 0 radical (unpaired) electrons. The van der Waals surface area contributed by atoms with E-state index in [0.29, 0.717) is 0 Å². The summed E-state index contributed by atoms with van der Waals surface area (Å²) in [6.45, 7) is 15.1. The van der Waals surface area contributed by atoms with E-state index < -0.39 is 42.6 Å². The van der Waals surface area contributed by atoms with Gasteiger partial charge >= 0.3 is 18.2 Å². The van der Waals surface area contributed by atoms with Crippen molar-refractivity contribution in [2.45, 2.75) is 83.9 Å². The Bertz CT molecular complexity index is 927. The first-order valence-electron chi connectivity index (χ1n) is 10.5. The predicted octanol–water partition coefficient (Wildman–Crippen LogP) is 6.66. The second-order valence-corrected chi connectivity index (χ2v) is 15.3. The van der Waals surface area contributed by atoms with Crippen LogP contribution in [0.5, 0.6) is 5.75 Å². The number of rotatable bonds is 7. The summed E-state index contributed by atoms with van der Waals surface area (Å²) in [5.41, 5.74) is 2.22. The molecule has 5 nitrogen and oxygen atoms in total. The number of carboxylic acid groups (broad SMARTS) is 1. The zero-order chi connectivity index (χ0) is 25.9. The minimum Gasteiger partial charge on any atom is -0.480 e. The number of nitrogens with zero attached hydrogens (tertiary/aromatic N) is 1. The monoisotopic (exact) mass is 505 g/mol. The molecule has 1 rings (SSSR count). The van der Waals surface area contributed by atoms with Crippen molar-refractivity contribution in [2.75, 3.05) is 4.90 Å². The lowest BCUT2D eigenvalue weighted by Crippen LogP contribution is -2.53. The Morgan fingerprint density at radius 2 is 1.55 bits per heavy atom. The van der Waals surface area contributed by atoms with Gasteiger partial charge in [-0.25, -0.2) is 4.79 Å². The quantitative estimate of drug-likeness (QED) is 0.332. The summed E-state index contributed by atoms with van der Waals surface area (Å²) in [5, 5.41) is 9.33. The number of carbonyl (C=O) groups excluding carboxylic acids is 1. The molecule has 0 heterocycles. The number of alkyl halides is 3. The number of carboxylic acids is 1. The zero-order valence-electron chi connectivity index (χ0n) is 20.1. The Balaban J connectivity index is 3.63. The van der Waals surface area contributed by atoms with Crippen LogP contribution in [0.3, 0.4) is 0 Å². The third-order valence-electron chi connectivity index (χ3n) is 5.94. The Morgan fingerprint density at radius 1 is 1.06 bits per heavy atom. The normalized spacial score (nSPS) is 12.6.